The first-order chi connectivity index (χ1) is 17.5. The zero-order valence-corrected chi connectivity index (χ0v) is 21.8. The fraction of sp³-hybridized carbons (Fsp3) is 0.423. The van der Waals surface area contributed by atoms with E-state index in [4.69, 9.17) is 40.5 Å². The van der Waals surface area contributed by atoms with Gasteiger partial charge in [0.15, 0.2) is 5.82 Å². The molecule has 0 atom stereocenters. The second-order valence-electron chi connectivity index (χ2n) is 8.52. The Balaban J connectivity index is 1.77. The number of nitrogens with zero attached hydrogens (tertiary/aromatic N) is 3. The third-order valence-electron chi connectivity index (χ3n) is 6.17. The van der Waals surface area contributed by atoms with Gasteiger partial charge in [0, 0.05) is 23.9 Å². The number of ether oxygens (including phenoxy) is 4. The highest BCUT2D eigenvalue weighted by atomic mass is 35.5. The monoisotopic (exact) mass is 513 g/mol. The Morgan fingerprint density at radius 2 is 1.39 bits per heavy atom. The molecule has 0 radical (unpaired) electrons. The van der Waals surface area contributed by atoms with Crippen molar-refractivity contribution in [3.63, 3.8) is 0 Å². The maximum Gasteiger partial charge on any atom is 0.232 e. The fourth-order valence-corrected chi connectivity index (χ4v) is 4.57. The summed E-state index contributed by atoms with van der Waals surface area (Å²) in [5.41, 5.74) is 1.31. The summed E-state index contributed by atoms with van der Waals surface area (Å²) in [7, 11) is 6.34. The minimum Gasteiger partial charge on any atom is -0.496 e. The van der Waals surface area contributed by atoms with Crippen LogP contribution in [0.15, 0.2) is 30.3 Å². The molecule has 1 saturated carbocycles. The Kier molecular flexibility index (Phi) is 8.53. The largest absolute Gasteiger partial charge is 0.496 e. The average molecular weight is 514 g/mol. The molecule has 2 aromatic carbocycles. The van der Waals surface area contributed by atoms with Gasteiger partial charge in [-0.25, -0.2) is 0 Å². The quantitative estimate of drug-likeness (QED) is 0.328. The predicted molar refractivity (Wildman–Crippen MR) is 141 cm³/mol. The molecule has 0 spiro atoms. The van der Waals surface area contributed by atoms with Crippen LogP contribution in [0.3, 0.4) is 0 Å². The SMILES string of the molecule is COc1cc(OC)c(-c2nc(Nc3ccc(OC)c(Cl)c3)nc(NC3CCCCCC3)n2)c(OC)c1. The van der Waals surface area contributed by atoms with Gasteiger partial charge in [-0.05, 0) is 31.0 Å². The molecule has 192 valence electrons. The predicted octanol–water partition coefficient (Wildman–Crippen LogP) is 6.10. The number of aromatic nitrogens is 3. The van der Waals surface area contributed by atoms with Crippen molar-refractivity contribution in [1.29, 1.82) is 0 Å². The second kappa shape index (κ2) is 12.0. The van der Waals surface area contributed by atoms with Crippen molar-refractivity contribution in [3.8, 4) is 34.4 Å². The van der Waals surface area contributed by atoms with Crippen LogP contribution < -0.4 is 29.6 Å². The maximum atomic E-state index is 6.33. The van der Waals surface area contributed by atoms with Crippen molar-refractivity contribution in [1.82, 2.24) is 15.0 Å². The van der Waals surface area contributed by atoms with Gasteiger partial charge in [0.2, 0.25) is 11.9 Å². The normalized spacial score (nSPS) is 14.0. The van der Waals surface area contributed by atoms with Gasteiger partial charge in [-0.3, -0.25) is 0 Å². The molecule has 0 unspecified atom stereocenters. The van der Waals surface area contributed by atoms with Gasteiger partial charge in [-0.1, -0.05) is 37.3 Å². The summed E-state index contributed by atoms with van der Waals surface area (Å²) in [5, 5.41) is 7.25. The standard InChI is InChI=1S/C26H32ClN5O4/c1-33-18-14-21(35-3)23(22(15-18)36-4)24-30-25(28-16-9-7-5-6-8-10-16)32-26(31-24)29-17-11-12-20(34-2)19(27)13-17/h11-16H,5-10H2,1-4H3,(H2,28,29,30,31,32). The van der Waals surface area contributed by atoms with Crippen LogP contribution in [0.5, 0.6) is 23.0 Å². The lowest BCUT2D eigenvalue weighted by Gasteiger charge is -2.19. The third kappa shape index (κ3) is 6.02. The van der Waals surface area contributed by atoms with Crippen LogP contribution in [0.1, 0.15) is 38.5 Å². The summed E-state index contributed by atoms with van der Waals surface area (Å²) >= 11 is 6.33. The van der Waals surface area contributed by atoms with Crippen LogP contribution in [0.25, 0.3) is 11.4 Å². The summed E-state index contributed by atoms with van der Waals surface area (Å²) in [6.45, 7) is 0. The molecule has 1 aromatic heterocycles. The molecule has 10 heteroatoms. The smallest absolute Gasteiger partial charge is 0.232 e. The van der Waals surface area contributed by atoms with E-state index in [0.29, 0.717) is 63.0 Å². The number of rotatable bonds is 9. The highest BCUT2D eigenvalue weighted by molar-refractivity contribution is 6.32. The van der Waals surface area contributed by atoms with E-state index in [1.54, 1.807) is 52.7 Å². The summed E-state index contributed by atoms with van der Waals surface area (Å²) in [6, 6.07) is 9.24. The van der Waals surface area contributed by atoms with E-state index in [1.165, 1.54) is 25.7 Å². The van der Waals surface area contributed by atoms with Crippen LogP contribution in [0.2, 0.25) is 5.02 Å². The van der Waals surface area contributed by atoms with Crippen molar-refractivity contribution in [2.45, 2.75) is 44.6 Å². The van der Waals surface area contributed by atoms with Gasteiger partial charge >= 0.3 is 0 Å². The van der Waals surface area contributed by atoms with Gasteiger partial charge in [0.1, 0.15) is 28.6 Å². The number of methoxy groups -OCH3 is 4. The van der Waals surface area contributed by atoms with Crippen molar-refractivity contribution in [2.75, 3.05) is 39.1 Å². The third-order valence-corrected chi connectivity index (χ3v) is 6.47. The van der Waals surface area contributed by atoms with Gasteiger partial charge in [-0.2, -0.15) is 15.0 Å². The van der Waals surface area contributed by atoms with E-state index in [-0.39, 0.29) is 0 Å². The Morgan fingerprint density at radius 1 is 0.750 bits per heavy atom. The molecular formula is C26H32ClN5O4. The Labute approximate surface area is 216 Å². The van der Waals surface area contributed by atoms with Crippen LogP contribution in [-0.2, 0) is 0 Å². The minimum absolute atomic E-state index is 0.297. The lowest BCUT2D eigenvalue weighted by Crippen LogP contribution is -2.21. The first-order valence-electron chi connectivity index (χ1n) is 12.0. The average Bonchev–Trinajstić information content (AvgIpc) is 3.16. The van der Waals surface area contributed by atoms with E-state index in [0.717, 1.165) is 12.8 Å². The van der Waals surface area contributed by atoms with Crippen LogP contribution in [0.4, 0.5) is 17.6 Å². The van der Waals surface area contributed by atoms with Crippen LogP contribution in [0, 0.1) is 0 Å². The molecular weight excluding hydrogens is 482 g/mol. The molecule has 0 bridgehead atoms. The van der Waals surface area contributed by atoms with Gasteiger partial charge in [0.05, 0.1) is 33.5 Å². The number of nitrogens with one attached hydrogen (secondary N) is 2. The number of anilines is 3. The molecule has 3 aromatic rings. The summed E-state index contributed by atoms with van der Waals surface area (Å²) < 4.78 is 22.0. The molecule has 1 aliphatic rings. The Hall–Kier alpha value is -3.46. The summed E-state index contributed by atoms with van der Waals surface area (Å²) in [5.74, 6) is 3.48. The molecule has 4 rings (SSSR count). The molecule has 0 aliphatic heterocycles. The highest BCUT2D eigenvalue weighted by Gasteiger charge is 2.21. The Morgan fingerprint density at radius 3 is 1.97 bits per heavy atom. The lowest BCUT2D eigenvalue weighted by molar-refractivity contribution is 0.377. The second-order valence-corrected chi connectivity index (χ2v) is 8.93. The number of benzene rings is 2. The van der Waals surface area contributed by atoms with E-state index in [9.17, 15) is 0 Å². The van der Waals surface area contributed by atoms with Crippen molar-refractivity contribution < 1.29 is 18.9 Å². The molecule has 9 nitrogen and oxygen atoms in total. The zero-order chi connectivity index (χ0) is 25.5. The van der Waals surface area contributed by atoms with Gasteiger partial charge in [0.25, 0.3) is 0 Å². The number of hydrogen-bond acceptors (Lipinski definition) is 9. The molecule has 1 fully saturated rings. The summed E-state index contributed by atoms with van der Waals surface area (Å²) in [4.78, 5) is 14.1. The fourth-order valence-electron chi connectivity index (χ4n) is 4.31. The molecule has 2 N–H and O–H groups in total. The van der Waals surface area contributed by atoms with Crippen molar-refractivity contribution in [3.05, 3.63) is 35.4 Å². The zero-order valence-electron chi connectivity index (χ0n) is 21.1. The minimum atomic E-state index is 0.297. The molecule has 0 amide bonds. The molecule has 36 heavy (non-hydrogen) atoms. The van der Waals surface area contributed by atoms with Gasteiger partial charge in [-0.15, -0.1) is 0 Å². The van der Waals surface area contributed by atoms with Crippen molar-refractivity contribution >= 4 is 29.2 Å². The van der Waals surface area contributed by atoms with Gasteiger partial charge < -0.3 is 29.6 Å². The lowest BCUT2D eigenvalue weighted by atomic mass is 10.1. The van der Waals surface area contributed by atoms with Crippen molar-refractivity contribution in [2.24, 2.45) is 0 Å². The van der Waals surface area contributed by atoms with Crippen LogP contribution in [-0.4, -0.2) is 49.4 Å². The molecule has 0 saturated heterocycles. The maximum absolute atomic E-state index is 6.33. The van der Waals surface area contributed by atoms with E-state index in [2.05, 4.69) is 15.6 Å². The Bertz CT molecular complexity index is 1160. The first kappa shape index (κ1) is 25.6. The highest BCUT2D eigenvalue weighted by Crippen LogP contribution is 2.41. The van der Waals surface area contributed by atoms with E-state index >= 15 is 0 Å². The number of hydrogen-bond donors (Lipinski definition) is 2. The topological polar surface area (TPSA) is 99.7 Å². The molecule has 1 heterocycles. The number of halogens is 1. The summed E-state index contributed by atoms with van der Waals surface area (Å²) in [6.07, 6.45) is 7.04. The molecule has 1 aliphatic carbocycles. The van der Waals surface area contributed by atoms with Crippen LogP contribution >= 0.6 is 11.6 Å². The van der Waals surface area contributed by atoms with E-state index < -0.39 is 0 Å². The van der Waals surface area contributed by atoms with E-state index in [1.807, 2.05) is 6.07 Å². The first-order valence-corrected chi connectivity index (χ1v) is 12.4.